The molecule has 0 saturated carbocycles. The SMILES string of the molecule is O=C([O-])CNC(=O)CNC(=O)[C@@H](Cc1ccccc1)NC(=O)/C=C/c1ccco1. The van der Waals surface area contributed by atoms with Gasteiger partial charge in [0.05, 0.1) is 25.3 Å². The minimum atomic E-state index is -1.44. The van der Waals surface area contributed by atoms with Gasteiger partial charge in [0, 0.05) is 12.5 Å². The maximum atomic E-state index is 12.5. The fourth-order valence-electron chi connectivity index (χ4n) is 2.35. The molecule has 1 aromatic carbocycles. The van der Waals surface area contributed by atoms with Crippen molar-refractivity contribution in [3.63, 3.8) is 0 Å². The standard InChI is InChI=1S/C20H21N3O6/c24-17(9-8-15-7-4-10-29-15)23-16(11-14-5-2-1-3-6-14)20(28)22-12-18(25)21-13-19(26)27/h1-10,16H,11-13H2,(H,21,25)(H,22,28)(H,23,24)(H,26,27)/p-1/b9-8+/t16-/m1/s1. The average molecular weight is 398 g/mol. The third-order valence-electron chi connectivity index (χ3n) is 3.71. The Bertz CT molecular complexity index is 862. The summed E-state index contributed by atoms with van der Waals surface area (Å²) in [5, 5.41) is 17.4. The van der Waals surface area contributed by atoms with E-state index in [1.54, 1.807) is 36.4 Å². The summed E-state index contributed by atoms with van der Waals surface area (Å²) in [6, 6.07) is 11.4. The van der Waals surface area contributed by atoms with Gasteiger partial charge < -0.3 is 30.3 Å². The molecule has 1 heterocycles. The number of hydrogen-bond donors (Lipinski definition) is 3. The van der Waals surface area contributed by atoms with Gasteiger partial charge in [0.15, 0.2) is 0 Å². The van der Waals surface area contributed by atoms with Crippen LogP contribution in [0.1, 0.15) is 11.3 Å². The largest absolute Gasteiger partial charge is 0.548 e. The average Bonchev–Trinajstić information content (AvgIpc) is 3.23. The first kappa shape index (κ1) is 21.4. The summed E-state index contributed by atoms with van der Waals surface area (Å²) in [5.74, 6) is -2.75. The third-order valence-corrected chi connectivity index (χ3v) is 3.71. The first-order chi connectivity index (χ1) is 13.9. The molecule has 0 saturated heterocycles. The van der Waals surface area contributed by atoms with Crippen LogP contribution in [0.4, 0.5) is 0 Å². The molecule has 2 aromatic rings. The van der Waals surface area contributed by atoms with Crippen LogP contribution in [0.3, 0.4) is 0 Å². The molecule has 0 radical (unpaired) electrons. The van der Waals surface area contributed by atoms with Crippen LogP contribution >= 0.6 is 0 Å². The van der Waals surface area contributed by atoms with E-state index in [0.29, 0.717) is 5.76 Å². The minimum absolute atomic E-state index is 0.202. The predicted molar refractivity (Wildman–Crippen MR) is 101 cm³/mol. The van der Waals surface area contributed by atoms with Crippen LogP contribution in [-0.4, -0.2) is 42.8 Å². The van der Waals surface area contributed by atoms with E-state index in [2.05, 4.69) is 16.0 Å². The van der Waals surface area contributed by atoms with E-state index in [1.165, 1.54) is 18.4 Å². The second kappa shape index (κ2) is 11.1. The van der Waals surface area contributed by atoms with Crippen molar-refractivity contribution in [3.05, 3.63) is 66.1 Å². The van der Waals surface area contributed by atoms with Gasteiger partial charge in [0.1, 0.15) is 11.8 Å². The van der Waals surface area contributed by atoms with Crippen molar-refractivity contribution >= 4 is 29.8 Å². The van der Waals surface area contributed by atoms with Crippen molar-refractivity contribution in [2.45, 2.75) is 12.5 Å². The van der Waals surface area contributed by atoms with E-state index in [4.69, 9.17) is 4.42 Å². The number of carboxylic acids is 1. The lowest BCUT2D eigenvalue weighted by atomic mass is 10.1. The number of carboxylic acid groups (broad SMARTS) is 1. The summed E-state index contributed by atoms with van der Waals surface area (Å²) in [6.45, 7) is -1.09. The maximum absolute atomic E-state index is 12.5. The molecule has 1 atom stereocenters. The molecule has 29 heavy (non-hydrogen) atoms. The molecule has 1 aromatic heterocycles. The van der Waals surface area contributed by atoms with Gasteiger partial charge in [-0.05, 0) is 23.8 Å². The van der Waals surface area contributed by atoms with Gasteiger partial charge in [0.2, 0.25) is 17.7 Å². The van der Waals surface area contributed by atoms with Crippen molar-refractivity contribution in [2.24, 2.45) is 0 Å². The Labute approximate surface area is 166 Å². The lowest BCUT2D eigenvalue weighted by Crippen LogP contribution is -2.50. The molecule has 152 valence electrons. The monoisotopic (exact) mass is 398 g/mol. The quantitative estimate of drug-likeness (QED) is 0.439. The van der Waals surface area contributed by atoms with Crippen LogP contribution in [-0.2, 0) is 25.6 Å². The van der Waals surface area contributed by atoms with Crippen molar-refractivity contribution in [2.75, 3.05) is 13.1 Å². The zero-order chi connectivity index (χ0) is 21.1. The number of carbonyl (C=O) groups is 4. The minimum Gasteiger partial charge on any atom is -0.548 e. The molecular weight excluding hydrogens is 378 g/mol. The highest BCUT2D eigenvalue weighted by molar-refractivity contribution is 5.96. The van der Waals surface area contributed by atoms with E-state index in [1.807, 2.05) is 6.07 Å². The highest BCUT2D eigenvalue weighted by Crippen LogP contribution is 2.05. The molecule has 0 aliphatic carbocycles. The molecule has 3 amide bonds. The van der Waals surface area contributed by atoms with Crippen molar-refractivity contribution in [1.82, 2.24) is 16.0 Å². The second-order valence-electron chi connectivity index (χ2n) is 5.97. The molecule has 0 spiro atoms. The summed E-state index contributed by atoms with van der Waals surface area (Å²) >= 11 is 0. The number of amides is 3. The summed E-state index contributed by atoms with van der Waals surface area (Å²) < 4.78 is 5.10. The number of aliphatic carboxylic acids is 1. The van der Waals surface area contributed by atoms with E-state index >= 15 is 0 Å². The lowest BCUT2D eigenvalue weighted by molar-refractivity contribution is -0.304. The molecule has 2 rings (SSSR count). The highest BCUT2D eigenvalue weighted by atomic mass is 16.4. The fraction of sp³-hybridized carbons (Fsp3) is 0.200. The molecule has 9 heteroatoms. The van der Waals surface area contributed by atoms with Crippen molar-refractivity contribution in [1.29, 1.82) is 0 Å². The molecular formula is C20H20N3O6-. The number of benzene rings is 1. The zero-order valence-electron chi connectivity index (χ0n) is 15.4. The molecule has 0 aliphatic heterocycles. The zero-order valence-corrected chi connectivity index (χ0v) is 15.4. The Morgan fingerprint density at radius 3 is 2.41 bits per heavy atom. The van der Waals surface area contributed by atoms with Crippen LogP contribution in [0.5, 0.6) is 0 Å². The van der Waals surface area contributed by atoms with E-state index < -0.39 is 42.8 Å². The Balaban J connectivity index is 1.97. The smallest absolute Gasteiger partial charge is 0.244 e. The predicted octanol–water partition coefficient (Wildman–Crippen LogP) is -0.997. The van der Waals surface area contributed by atoms with Gasteiger partial charge in [-0.15, -0.1) is 0 Å². The molecule has 0 unspecified atom stereocenters. The van der Waals surface area contributed by atoms with Crippen LogP contribution < -0.4 is 21.1 Å². The van der Waals surface area contributed by atoms with Gasteiger partial charge >= 0.3 is 0 Å². The second-order valence-corrected chi connectivity index (χ2v) is 5.97. The third kappa shape index (κ3) is 8.12. The lowest BCUT2D eigenvalue weighted by Gasteiger charge is -2.18. The first-order valence-corrected chi connectivity index (χ1v) is 8.74. The van der Waals surface area contributed by atoms with Gasteiger partial charge in [0.25, 0.3) is 0 Å². The Morgan fingerprint density at radius 1 is 1.00 bits per heavy atom. The van der Waals surface area contributed by atoms with Gasteiger partial charge in [-0.25, -0.2) is 0 Å². The highest BCUT2D eigenvalue weighted by Gasteiger charge is 2.21. The van der Waals surface area contributed by atoms with Crippen LogP contribution in [0.25, 0.3) is 6.08 Å². The van der Waals surface area contributed by atoms with Gasteiger partial charge in [-0.3, -0.25) is 14.4 Å². The van der Waals surface area contributed by atoms with Crippen molar-refractivity contribution < 1.29 is 28.7 Å². The van der Waals surface area contributed by atoms with Crippen LogP contribution in [0.15, 0.2) is 59.2 Å². The maximum Gasteiger partial charge on any atom is 0.244 e. The number of carbonyl (C=O) groups excluding carboxylic acids is 4. The van der Waals surface area contributed by atoms with Crippen molar-refractivity contribution in [3.8, 4) is 0 Å². The van der Waals surface area contributed by atoms with E-state index in [0.717, 1.165) is 5.56 Å². The van der Waals surface area contributed by atoms with Crippen LogP contribution in [0.2, 0.25) is 0 Å². The summed E-state index contributed by atoms with van der Waals surface area (Å²) in [6.07, 6.45) is 4.36. The van der Waals surface area contributed by atoms with Gasteiger partial charge in [-0.1, -0.05) is 30.3 Å². The summed E-state index contributed by atoms with van der Waals surface area (Å²) in [5.41, 5.74) is 0.810. The molecule has 0 bridgehead atoms. The number of hydrogen-bond acceptors (Lipinski definition) is 6. The summed E-state index contributed by atoms with van der Waals surface area (Å²) in [7, 11) is 0. The first-order valence-electron chi connectivity index (χ1n) is 8.74. The Hall–Kier alpha value is -3.88. The molecule has 0 fully saturated rings. The Morgan fingerprint density at radius 2 is 1.76 bits per heavy atom. The number of rotatable bonds is 10. The molecule has 9 nitrogen and oxygen atoms in total. The fourth-order valence-corrected chi connectivity index (χ4v) is 2.35. The number of furan rings is 1. The molecule has 3 N–H and O–H groups in total. The summed E-state index contributed by atoms with van der Waals surface area (Å²) in [4.78, 5) is 46.6. The Kier molecular flexibility index (Phi) is 8.18. The van der Waals surface area contributed by atoms with E-state index in [-0.39, 0.29) is 6.42 Å². The molecule has 0 aliphatic rings. The van der Waals surface area contributed by atoms with E-state index in [9.17, 15) is 24.3 Å². The van der Waals surface area contributed by atoms with Crippen LogP contribution in [0, 0.1) is 0 Å². The normalized spacial score (nSPS) is 11.6. The topological polar surface area (TPSA) is 141 Å². The van der Waals surface area contributed by atoms with Gasteiger partial charge in [-0.2, -0.15) is 0 Å². The number of nitrogens with one attached hydrogen (secondary N) is 3.